The van der Waals surface area contributed by atoms with Crippen LogP contribution >= 0.6 is 0 Å². The number of carboxylic acids is 1. The molecule has 2 amide bonds. The summed E-state index contributed by atoms with van der Waals surface area (Å²) in [6.07, 6.45) is 2.61. The van der Waals surface area contributed by atoms with Gasteiger partial charge in [0, 0.05) is 17.9 Å². The zero-order valence-corrected chi connectivity index (χ0v) is 20.3. The second-order valence-electron chi connectivity index (χ2n) is 10.1. The summed E-state index contributed by atoms with van der Waals surface area (Å²) in [6, 6.07) is 15.3. The minimum absolute atomic E-state index is 0.00746. The molecule has 3 atom stereocenters. The van der Waals surface area contributed by atoms with Crippen LogP contribution in [0.3, 0.4) is 0 Å². The number of hydrogen-bond donors (Lipinski definition) is 3. The Labute approximate surface area is 206 Å². The maximum absolute atomic E-state index is 12.7. The molecule has 0 saturated heterocycles. The van der Waals surface area contributed by atoms with E-state index in [-0.39, 0.29) is 36.3 Å². The summed E-state index contributed by atoms with van der Waals surface area (Å²) < 4.78 is 5.65. The van der Waals surface area contributed by atoms with Crippen LogP contribution in [-0.4, -0.2) is 41.8 Å². The monoisotopic (exact) mass is 478 g/mol. The van der Waals surface area contributed by atoms with Crippen molar-refractivity contribution in [3.63, 3.8) is 0 Å². The number of benzene rings is 2. The van der Waals surface area contributed by atoms with Crippen molar-refractivity contribution < 1.29 is 24.2 Å². The molecule has 0 aliphatic heterocycles. The van der Waals surface area contributed by atoms with Gasteiger partial charge in [-0.25, -0.2) is 9.59 Å². The summed E-state index contributed by atoms with van der Waals surface area (Å²) in [5, 5.41) is 15.0. The van der Waals surface area contributed by atoms with Gasteiger partial charge in [-0.2, -0.15) is 0 Å². The zero-order valence-electron chi connectivity index (χ0n) is 20.3. The molecule has 1 saturated carbocycles. The molecular formula is C28H34N2O5. The Kier molecular flexibility index (Phi) is 7.73. The van der Waals surface area contributed by atoms with Crippen molar-refractivity contribution in [2.45, 2.75) is 64.0 Å². The Bertz CT molecular complexity index is 1040. The minimum atomic E-state index is -1.02. The van der Waals surface area contributed by atoms with Crippen LogP contribution in [0, 0.1) is 11.8 Å². The highest BCUT2D eigenvalue weighted by molar-refractivity contribution is 5.85. The number of hydrogen-bond acceptors (Lipinski definition) is 4. The number of ether oxygens (including phenoxy) is 1. The van der Waals surface area contributed by atoms with Crippen LogP contribution in [0.1, 0.15) is 63.0 Å². The number of aliphatic carboxylic acids is 1. The number of amides is 2. The highest BCUT2D eigenvalue weighted by atomic mass is 16.5. The molecule has 35 heavy (non-hydrogen) atoms. The van der Waals surface area contributed by atoms with Crippen molar-refractivity contribution in [3.8, 4) is 11.1 Å². The van der Waals surface area contributed by atoms with Crippen molar-refractivity contribution >= 4 is 18.0 Å². The van der Waals surface area contributed by atoms with E-state index >= 15 is 0 Å². The molecule has 2 aliphatic rings. The van der Waals surface area contributed by atoms with Gasteiger partial charge >= 0.3 is 12.1 Å². The van der Waals surface area contributed by atoms with Gasteiger partial charge in [0.1, 0.15) is 12.6 Å². The van der Waals surface area contributed by atoms with E-state index in [9.17, 15) is 19.5 Å². The van der Waals surface area contributed by atoms with Crippen molar-refractivity contribution in [2.75, 3.05) is 6.61 Å². The Balaban J connectivity index is 1.31. The van der Waals surface area contributed by atoms with Crippen molar-refractivity contribution in [2.24, 2.45) is 11.8 Å². The number of alkyl carbamates (subject to hydrolysis) is 1. The predicted molar refractivity (Wildman–Crippen MR) is 133 cm³/mol. The molecule has 2 aromatic carbocycles. The molecular weight excluding hydrogens is 444 g/mol. The molecule has 0 bridgehead atoms. The SMILES string of the molecule is CC(C)CC(NC(=O)[C@@H]1CCC[C@@H](NC(=O)OCC2c3ccccc3-c3ccccc32)C1)C(=O)O. The number of nitrogens with one attached hydrogen (secondary N) is 2. The Morgan fingerprint density at radius 1 is 1.00 bits per heavy atom. The van der Waals surface area contributed by atoms with E-state index in [1.165, 1.54) is 11.1 Å². The smallest absolute Gasteiger partial charge is 0.407 e. The van der Waals surface area contributed by atoms with Gasteiger partial charge in [0.2, 0.25) is 5.91 Å². The van der Waals surface area contributed by atoms with E-state index in [2.05, 4.69) is 34.9 Å². The predicted octanol–water partition coefficient (Wildman–Crippen LogP) is 4.70. The highest BCUT2D eigenvalue weighted by Gasteiger charge is 2.32. The summed E-state index contributed by atoms with van der Waals surface area (Å²) >= 11 is 0. The molecule has 7 nitrogen and oxygen atoms in total. The fraction of sp³-hybridized carbons (Fsp3) is 0.464. The summed E-state index contributed by atoms with van der Waals surface area (Å²) in [5.41, 5.74) is 4.67. The number of fused-ring (bicyclic) bond motifs is 3. The standard InChI is InChI=1S/C28H34N2O5/c1-17(2)14-25(27(32)33)30-26(31)18-8-7-9-19(15-18)29-28(34)35-16-24-22-12-5-3-10-20(22)21-11-4-6-13-23(21)24/h3-6,10-13,17-19,24-25H,7-9,14-16H2,1-2H3,(H,29,34)(H,30,31)(H,32,33)/t18-,19-,25?/m1/s1. The third kappa shape index (κ3) is 5.84. The molecule has 186 valence electrons. The highest BCUT2D eigenvalue weighted by Crippen LogP contribution is 2.44. The van der Waals surface area contributed by atoms with Crippen molar-refractivity contribution in [3.05, 3.63) is 59.7 Å². The molecule has 0 radical (unpaired) electrons. The lowest BCUT2D eigenvalue weighted by Gasteiger charge is -2.30. The molecule has 1 fully saturated rings. The normalized spacial score (nSPS) is 20.0. The van der Waals surface area contributed by atoms with Gasteiger partial charge in [0.05, 0.1) is 0 Å². The first-order valence-corrected chi connectivity index (χ1v) is 12.5. The summed E-state index contributed by atoms with van der Waals surface area (Å²) in [4.78, 5) is 36.9. The maximum atomic E-state index is 12.7. The van der Waals surface area contributed by atoms with Crippen LogP contribution in [0.15, 0.2) is 48.5 Å². The molecule has 3 N–H and O–H groups in total. The molecule has 2 aromatic rings. The first kappa shape index (κ1) is 24.8. The van der Waals surface area contributed by atoms with E-state index in [0.717, 1.165) is 24.0 Å². The van der Waals surface area contributed by atoms with Gasteiger partial charge in [-0.1, -0.05) is 68.8 Å². The molecule has 0 heterocycles. The second-order valence-corrected chi connectivity index (χ2v) is 10.1. The second kappa shape index (κ2) is 10.9. The largest absolute Gasteiger partial charge is 0.480 e. The van der Waals surface area contributed by atoms with E-state index in [0.29, 0.717) is 19.3 Å². The quantitative estimate of drug-likeness (QED) is 0.510. The average Bonchev–Trinajstić information content (AvgIpc) is 3.16. The summed E-state index contributed by atoms with van der Waals surface area (Å²) in [6.45, 7) is 4.10. The topological polar surface area (TPSA) is 105 Å². The zero-order chi connectivity index (χ0) is 24.9. The van der Waals surface area contributed by atoms with Crippen molar-refractivity contribution in [1.82, 2.24) is 10.6 Å². The molecule has 2 aliphatic carbocycles. The van der Waals surface area contributed by atoms with Crippen LogP contribution in [0.25, 0.3) is 11.1 Å². The number of rotatable bonds is 8. The van der Waals surface area contributed by atoms with E-state index in [1.807, 2.05) is 38.1 Å². The van der Waals surface area contributed by atoms with Gasteiger partial charge in [-0.15, -0.1) is 0 Å². The lowest BCUT2D eigenvalue weighted by atomic mass is 9.85. The fourth-order valence-electron chi connectivity index (χ4n) is 5.35. The van der Waals surface area contributed by atoms with Crippen LogP contribution in [0.2, 0.25) is 0 Å². The Hall–Kier alpha value is -3.35. The van der Waals surface area contributed by atoms with Crippen LogP contribution in [0.5, 0.6) is 0 Å². The van der Waals surface area contributed by atoms with Crippen LogP contribution in [-0.2, 0) is 14.3 Å². The van der Waals surface area contributed by atoms with E-state index < -0.39 is 18.1 Å². The van der Waals surface area contributed by atoms with Gasteiger partial charge < -0.3 is 20.5 Å². The first-order chi connectivity index (χ1) is 16.8. The van der Waals surface area contributed by atoms with Crippen LogP contribution in [0.4, 0.5) is 4.79 Å². The average molecular weight is 479 g/mol. The third-order valence-corrected chi connectivity index (χ3v) is 7.03. The molecule has 4 rings (SSSR count). The molecule has 0 spiro atoms. The van der Waals surface area contributed by atoms with Gasteiger partial charge in [0.25, 0.3) is 0 Å². The number of carbonyl (C=O) groups excluding carboxylic acids is 2. The van der Waals surface area contributed by atoms with E-state index in [1.54, 1.807) is 0 Å². The Morgan fingerprint density at radius 2 is 1.63 bits per heavy atom. The summed E-state index contributed by atoms with van der Waals surface area (Å²) in [5.74, 6) is -1.44. The van der Waals surface area contributed by atoms with Gasteiger partial charge in [0.15, 0.2) is 0 Å². The summed E-state index contributed by atoms with van der Waals surface area (Å²) in [7, 11) is 0. The number of carbonyl (C=O) groups is 3. The first-order valence-electron chi connectivity index (χ1n) is 12.5. The maximum Gasteiger partial charge on any atom is 0.407 e. The molecule has 1 unspecified atom stereocenters. The lowest BCUT2D eigenvalue weighted by molar-refractivity contribution is -0.143. The lowest BCUT2D eigenvalue weighted by Crippen LogP contribution is -2.47. The van der Waals surface area contributed by atoms with Gasteiger partial charge in [-0.3, -0.25) is 4.79 Å². The Morgan fingerprint density at radius 3 is 2.23 bits per heavy atom. The number of carboxylic acid groups (broad SMARTS) is 1. The molecule has 7 heteroatoms. The van der Waals surface area contributed by atoms with E-state index in [4.69, 9.17) is 4.74 Å². The third-order valence-electron chi connectivity index (χ3n) is 7.03. The minimum Gasteiger partial charge on any atom is -0.480 e. The van der Waals surface area contributed by atoms with Crippen molar-refractivity contribution in [1.29, 1.82) is 0 Å². The van der Waals surface area contributed by atoms with Crippen LogP contribution < -0.4 is 10.6 Å². The van der Waals surface area contributed by atoms with Gasteiger partial charge in [-0.05, 0) is 53.9 Å². The fourth-order valence-corrected chi connectivity index (χ4v) is 5.35. The molecule has 0 aromatic heterocycles.